The minimum Gasteiger partial charge on any atom is -0.467 e. The van der Waals surface area contributed by atoms with Gasteiger partial charge in [-0.05, 0) is 12.8 Å². The Morgan fingerprint density at radius 2 is 2.33 bits per heavy atom. The van der Waals surface area contributed by atoms with Gasteiger partial charge in [-0.1, -0.05) is 6.92 Å². The predicted octanol–water partition coefficient (Wildman–Crippen LogP) is 0.0907. The Balaban J connectivity index is 2.43. The molecule has 86 valence electrons. The third-order valence-electron chi connectivity index (χ3n) is 2.51. The lowest BCUT2D eigenvalue weighted by molar-refractivity contribution is -0.145. The molecule has 15 heavy (non-hydrogen) atoms. The molecule has 0 unspecified atom stereocenters. The number of amides is 1. The van der Waals surface area contributed by atoms with Crippen LogP contribution in [0.3, 0.4) is 0 Å². The van der Waals surface area contributed by atoms with Crippen LogP contribution in [0, 0.1) is 5.92 Å². The highest BCUT2D eigenvalue weighted by atomic mass is 16.5. The highest BCUT2D eigenvalue weighted by Gasteiger charge is 2.27. The lowest BCUT2D eigenvalue weighted by atomic mass is 10.1. The van der Waals surface area contributed by atoms with Crippen LogP contribution in [0.25, 0.3) is 0 Å². The van der Waals surface area contributed by atoms with Gasteiger partial charge in [0.2, 0.25) is 5.91 Å². The van der Waals surface area contributed by atoms with E-state index in [1.165, 1.54) is 7.11 Å². The minimum absolute atomic E-state index is 0.121. The fraction of sp³-hybridized carbons (Fsp3) is 0.800. The van der Waals surface area contributed by atoms with Crippen LogP contribution in [0.5, 0.6) is 0 Å². The molecule has 0 aliphatic carbocycles. The molecule has 5 heteroatoms. The molecule has 1 heterocycles. The summed E-state index contributed by atoms with van der Waals surface area (Å²) in [5.74, 6) is -0.641. The van der Waals surface area contributed by atoms with Crippen LogP contribution in [0.15, 0.2) is 0 Å². The molecular weight excluding hydrogens is 198 g/mol. The van der Waals surface area contributed by atoms with Gasteiger partial charge >= 0.3 is 5.97 Å². The minimum atomic E-state index is -0.539. The van der Waals surface area contributed by atoms with Crippen molar-refractivity contribution in [2.45, 2.75) is 25.8 Å². The van der Waals surface area contributed by atoms with Gasteiger partial charge in [-0.3, -0.25) is 4.79 Å². The molecule has 0 aromatic rings. The van der Waals surface area contributed by atoms with E-state index in [2.05, 4.69) is 10.1 Å². The molecule has 1 rings (SSSR count). The lowest BCUT2D eigenvalue weighted by Gasteiger charge is -2.16. The summed E-state index contributed by atoms with van der Waals surface area (Å²) >= 11 is 0. The third-order valence-corrected chi connectivity index (χ3v) is 2.51. The number of hydrogen-bond acceptors (Lipinski definition) is 4. The summed E-state index contributed by atoms with van der Waals surface area (Å²) < 4.78 is 9.69. The first-order valence-corrected chi connectivity index (χ1v) is 5.15. The van der Waals surface area contributed by atoms with Gasteiger partial charge in [-0.2, -0.15) is 0 Å². The van der Waals surface area contributed by atoms with E-state index in [4.69, 9.17) is 4.74 Å². The quantitative estimate of drug-likeness (QED) is 0.675. The monoisotopic (exact) mass is 215 g/mol. The van der Waals surface area contributed by atoms with Crippen molar-refractivity contribution in [1.82, 2.24) is 5.32 Å². The molecule has 0 radical (unpaired) electrons. The predicted molar refractivity (Wildman–Crippen MR) is 53.2 cm³/mol. The fourth-order valence-corrected chi connectivity index (χ4v) is 1.50. The van der Waals surface area contributed by atoms with E-state index in [1.807, 2.05) is 6.92 Å². The van der Waals surface area contributed by atoms with Crippen molar-refractivity contribution in [3.8, 4) is 0 Å². The van der Waals surface area contributed by atoms with Crippen molar-refractivity contribution >= 4 is 11.9 Å². The molecule has 1 aliphatic heterocycles. The van der Waals surface area contributed by atoms with E-state index in [0.717, 1.165) is 6.42 Å². The summed E-state index contributed by atoms with van der Waals surface area (Å²) in [6, 6.07) is -0.539. The van der Waals surface area contributed by atoms with Gasteiger partial charge < -0.3 is 14.8 Å². The van der Waals surface area contributed by atoms with Crippen LogP contribution in [-0.2, 0) is 19.1 Å². The van der Waals surface area contributed by atoms with Gasteiger partial charge in [-0.15, -0.1) is 0 Å². The molecule has 0 bridgehead atoms. The van der Waals surface area contributed by atoms with E-state index in [0.29, 0.717) is 19.6 Å². The SMILES string of the molecule is CC[C@@H](NC(=O)[C@@H]1CCOC1)C(=O)OC. The number of hydrogen-bond donors (Lipinski definition) is 1. The normalized spacial score (nSPS) is 22.1. The number of rotatable bonds is 4. The summed E-state index contributed by atoms with van der Waals surface area (Å²) in [5.41, 5.74) is 0. The number of nitrogens with one attached hydrogen (secondary N) is 1. The lowest BCUT2D eigenvalue weighted by Crippen LogP contribution is -2.44. The zero-order chi connectivity index (χ0) is 11.3. The zero-order valence-corrected chi connectivity index (χ0v) is 9.12. The molecule has 2 atom stereocenters. The van der Waals surface area contributed by atoms with E-state index < -0.39 is 12.0 Å². The van der Waals surface area contributed by atoms with Gasteiger partial charge in [0.1, 0.15) is 6.04 Å². The second-order valence-corrected chi connectivity index (χ2v) is 3.55. The van der Waals surface area contributed by atoms with Crippen molar-refractivity contribution < 1.29 is 19.1 Å². The van der Waals surface area contributed by atoms with E-state index in [-0.39, 0.29) is 11.8 Å². The van der Waals surface area contributed by atoms with Crippen LogP contribution in [0.4, 0.5) is 0 Å². The summed E-state index contributed by atoms with van der Waals surface area (Å²) in [5, 5.41) is 2.67. The van der Waals surface area contributed by atoms with E-state index in [1.54, 1.807) is 0 Å². The first-order valence-electron chi connectivity index (χ1n) is 5.15. The van der Waals surface area contributed by atoms with Crippen LogP contribution in [-0.4, -0.2) is 38.2 Å². The van der Waals surface area contributed by atoms with E-state index in [9.17, 15) is 9.59 Å². The molecule has 0 spiro atoms. The highest BCUT2D eigenvalue weighted by molar-refractivity contribution is 5.85. The number of esters is 1. The van der Waals surface area contributed by atoms with Gasteiger partial charge in [0.05, 0.1) is 19.6 Å². The Morgan fingerprint density at radius 3 is 2.80 bits per heavy atom. The Kier molecular flexibility index (Phi) is 4.55. The largest absolute Gasteiger partial charge is 0.467 e. The van der Waals surface area contributed by atoms with Crippen LogP contribution < -0.4 is 5.32 Å². The molecule has 1 amide bonds. The number of carbonyl (C=O) groups is 2. The summed E-state index contributed by atoms with van der Waals surface area (Å²) in [6.07, 6.45) is 1.26. The molecule has 1 aliphatic rings. The molecular formula is C10H17NO4. The second-order valence-electron chi connectivity index (χ2n) is 3.55. The van der Waals surface area contributed by atoms with Crippen LogP contribution in [0.1, 0.15) is 19.8 Å². The average molecular weight is 215 g/mol. The first kappa shape index (κ1) is 12.0. The average Bonchev–Trinajstić information content (AvgIpc) is 2.77. The van der Waals surface area contributed by atoms with Crippen molar-refractivity contribution in [2.24, 2.45) is 5.92 Å². The van der Waals surface area contributed by atoms with Gasteiger partial charge in [-0.25, -0.2) is 4.79 Å². The summed E-state index contributed by atoms with van der Waals surface area (Å²) in [6.45, 7) is 2.89. The number of carbonyl (C=O) groups excluding carboxylic acids is 2. The van der Waals surface area contributed by atoms with Gasteiger partial charge in [0.15, 0.2) is 0 Å². The summed E-state index contributed by atoms with van der Waals surface area (Å²) in [7, 11) is 1.32. The maximum Gasteiger partial charge on any atom is 0.328 e. The molecule has 1 saturated heterocycles. The fourth-order valence-electron chi connectivity index (χ4n) is 1.50. The Bertz CT molecular complexity index is 236. The Morgan fingerprint density at radius 1 is 1.60 bits per heavy atom. The third kappa shape index (κ3) is 3.20. The molecule has 0 saturated carbocycles. The van der Waals surface area contributed by atoms with Gasteiger partial charge in [0.25, 0.3) is 0 Å². The topological polar surface area (TPSA) is 64.6 Å². The standard InChI is InChI=1S/C10H17NO4/c1-3-8(10(13)14-2)11-9(12)7-4-5-15-6-7/h7-8H,3-6H2,1-2H3,(H,11,12)/t7-,8-/m1/s1. The Hall–Kier alpha value is -1.10. The maximum atomic E-state index is 11.6. The van der Waals surface area contributed by atoms with Crippen molar-refractivity contribution in [2.75, 3.05) is 20.3 Å². The second kappa shape index (κ2) is 5.70. The van der Waals surface area contributed by atoms with Crippen molar-refractivity contribution in [3.63, 3.8) is 0 Å². The highest BCUT2D eigenvalue weighted by Crippen LogP contribution is 2.12. The first-order chi connectivity index (χ1) is 7.19. The number of ether oxygens (including phenoxy) is 2. The van der Waals surface area contributed by atoms with Crippen LogP contribution >= 0.6 is 0 Å². The molecule has 0 aromatic heterocycles. The molecule has 1 N–H and O–H groups in total. The smallest absolute Gasteiger partial charge is 0.328 e. The Labute approximate surface area is 89.1 Å². The maximum absolute atomic E-state index is 11.6. The molecule has 5 nitrogen and oxygen atoms in total. The van der Waals surface area contributed by atoms with E-state index >= 15 is 0 Å². The van der Waals surface area contributed by atoms with Crippen molar-refractivity contribution in [3.05, 3.63) is 0 Å². The van der Waals surface area contributed by atoms with Crippen LogP contribution in [0.2, 0.25) is 0 Å². The van der Waals surface area contributed by atoms with Crippen molar-refractivity contribution in [1.29, 1.82) is 0 Å². The molecule has 1 fully saturated rings. The van der Waals surface area contributed by atoms with Gasteiger partial charge in [0, 0.05) is 6.61 Å². The molecule has 0 aromatic carbocycles. The zero-order valence-electron chi connectivity index (χ0n) is 9.12. The number of methoxy groups -OCH3 is 1. The summed E-state index contributed by atoms with van der Waals surface area (Å²) in [4.78, 5) is 22.9.